The number of β-amino-alcohol motifs (C(OH)–C–C–N with tert-alkyl or cyclic N) is 1. The van der Waals surface area contributed by atoms with Gasteiger partial charge in [-0.1, -0.05) is 6.92 Å². The molecule has 1 atom stereocenters. The number of carbonyl (C=O) groups excluding carboxylic acids is 1. The lowest BCUT2D eigenvalue weighted by molar-refractivity contribution is 0.0455. The molecule has 19 heavy (non-hydrogen) atoms. The molecule has 0 spiro atoms. The third kappa shape index (κ3) is 7.38. The van der Waals surface area contributed by atoms with Crippen molar-refractivity contribution in [3.05, 3.63) is 0 Å². The molecule has 1 heterocycles. The van der Waals surface area contributed by atoms with Crippen molar-refractivity contribution in [1.29, 1.82) is 0 Å². The number of nitrogens with zero attached hydrogens (tertiary/aromatic N) is 1. The highest BCUT2D eigenvalue weighted by molar-refractivity contribution is 5.67. The van der Waals surface area contributed by atoms with Gasteiger partial charge in [-0.2, -0.15) is 0 Å². The Kier molecular flexibility index (Phi) is 6.07. The molecule has 5 nitrogen and oxygen atoms in total. The number of ether oxygens (including phenoxy) is 1. The summed E-state index contributed by atoms with van der Waals surface area (Å²) < 4.78 is 5.12. The van der Waals surface area contributed by atoms with Crippen molar-refractivity contribution >= 4 is 6.09 Å². The Balaban J connectivity index is 2.17. The lowest BCUT2D eigenvalue weighted by Gasteiger charge is -2.31. The lowest BCUT2D eigenvalue weighted by atomic mass is 9.99. The van der Waals surface area contributed by atoms with E-state index in [0.29, 0.717) is 6.54 Å². The lowest BCUT2D eigenvalue weighted by Crippen LogP contribution is -2.43. The maximum absolute atomic E-state index is 11.4. The molecular weight excluding hydrogens is 244 g/mol. The molecule has 1 saturated heterocycles. The van der Waals surface area contributed by atoms with Crippen LogP contribution in [0.3, 0.4) is 0 Å². The zero-order valence-electron chi connectivity index (χ0n) is 12.6. The summed E-state index contributed by atoms with van der Waals surface area (Å²) in [5.74, 6) is 0.785. The highest BCUT2D eigenvalue weighted by atomic mass is 16.6. The Morgan fingerprint density at radius 3 is 2.53 bits per heavy atom. The number of alkyl carbamates (subject to hydrolysis) is 1. The van der Waals surface area contributed by atoms with Gasteiger partial charge in [-0.05, 0) is 52.6 Å². The van der Waals surface area contributed by atoms with Crippen LogP contribution in [-0.4, -0.2) is 54.0 Å². The maximum atomic E-state index is 11.4. The van der Waals surface area contributed by atoms with Crippen LogP contribution in [0.1, 0.15) is 40.5 Å². The van der Waals surface area contributed by atoms with Gasteiger partial charge in [0.05, 0.1) is 6.10 Å². The summed E-state index contributed by atoms with van der Waals surface area (Å²) in [6.45, 7) is 10.6. The molecule has 1 aliphatic heterocycles. The highest BCUT2D eigenvalue weighted by Crippen LogP contribution is 2.15. The van der Waals surface area contributed by atoms with E-state index in [0.717, 1.165) is 19.0 Å². The van der Waals surface area contributed by atoms with E-state index in [-0.39, 0.29) is 6.54 Å². The normalized spacial score (nSPS) is 20.1. The van der Waals surface area contributed by atoms with Crippen molar-refractivity contribution in [2.75, 3.05) is 26.2 Å². The predicted molar refractivity (Wildman–Crippen MR) is 75.1 cm³/mol. The molecule has 0 aromatic rings. The summed E-state index contributed by atoms with van der Waals surface area (Å²) in [5.41, 5.74) is -0.502. The molecule has 0 bridgehead atoms. The van der Waals surface area contributed by atoms with Gasteiger partial charge in [-0.3, -0.25) is 0 Å². The summed E-state index contributed by atoms with van der Waals surface area (Å²) in [6.07, 6.45) is 1.36. The summed E-state index contributed by atoms with van der Waals surface area (Å²) in [7, 11) is 0. The van der Waals surface area contributed by atoms with Crippen LogP contribution in [0.25, 0.3) is 0 Å². The van der Waals surface area contributed by atoms with Crippen molar-refractivity contribution in [1.82, 2.24) is 10.2 Å². The summed E-state index contributed by atoms with van der Waals surface area (Å²) in [4.78, 5) is 13.7. The fourth-order valence-electron chi connectivity index (χ4n) is 2.12. The predicted octanol–water partition coefficient (Wildman–Crippen LogP) is 1.60. The molecular formula is C14H28N2O3. The highest BCUT2D eigenvalue weighted by Gasteiger charge is 2.20. The smallest absolute Gasteiger partial charge is 0.407 e. The van der Waals surface area contributed by atoms with Gasteiger partial charge in [0, 0.05) is 13.1 Å². The van der Waals surface area contributed by atoms with Gasteiger partial charge in [0.25, 0.3) is 0 Å². The van der Waals surface area contributed by atoms with Gasteiger partial charge in [0.15, 0.2) is 0 Å². The molecule has 0 radical (unpaired) electrons. The molecule has 1 amide bonds. The van der Waals surface area contributed by atoms with Crippen molar-refractivity contribution in [2.45, 2.75) is 52.2 Å². The molecule has 1 unspecified atom stereocenters. The maximum Gasteiger partial charge on any atom is 0.407 e. The first kappa shape index (κ1) is 16.2. The first-order chi connectivity index (χ1) is 8.76. The molecule has 1 fully saturated rings. The number of amides is 1. The minimum Gasteiger partial charge on any atom is -0.444 e. The van der Waals surface area contributed by atoms with Crippen LogP contribution in [0.2, 0.25) is 0 Å². The number of nitrogens with one attached hydrogen (secondary N) is 1. The first-order valence-corrected chi connectivity index (χ1v) is 7.13. The Hall–Kier alpha value is -0.810. The monoisotopic (exact) mass is 272 g/mol. The molecule has 2 N–H and O–H groups in total. The third-order valence-electron chi connectivity index (χ3n) is 3.23. The van der Waals surface area contributed by atoms with Crippen molar-refractivity contribution in [3.8, 4) is 0 Å². The van der Waals surface area contributed by atoms with Crippen LogP contribution in [0.5, 0.6) is 0 Å². The number of rotatable bonds is 4. The van der Waals surface area contributed by atoms with Crippen LogP contribution < -0.4 is 5.32 Å². The van der Waals surface area contributed by atoms with E-state index in [4.69, 9.17) is 4.74 Å². The summed E-state index contributed by atoms with van der Waals surface area (Å²) in [5, 5.41) is 12.5. The topological polar surface area (TPSA) is 61.8 Å². The fraction of sp³-hybridized carbons (Fsp3) is 0.929. The SMILES string of the molecule is CC1CCN(CC(O)CNC(=O)OC(C)(C)C)CC1. The molecule has 0 saturated carbocycles. The minimum atomic E-state index is -0.541. The summed E-state index contributed by atoms with van der Waals surface area (Å²) in [6, 6.07) is 0. The van der Waals surface area contributed by atoms with Crippen molar-refractivity contribution in [2.24, 2.45) is 5.92 Å². The van der Waals surface area contributed by atoms with Crippen LogP contribution in [0.4, 0.5) is 4.79 Å². The first-order valence-electron chi connectivity index (χ1n) is 7.13. The average molecular weight is 272 g/mol. The zero-order valence-corrected chi connectivity index (χ0v) is 12.6. The van der Waals surface area contributed by atoms with Gasteiger partial charge in [-0.25, -0.2) is 4.79 Å². The number of piperidine rings is 1. The van der Waals surface area contributed by atoms with Crippen molar-refractivity contribution < 1.29 is 14.6 Å². The fourth-order valence-corrected chi connectivity index (χ4v) is 2.12. The second-order valence-corrected chi connectivity index (χ2v) is 6.52. The van der Waals surface area contributed by atoms with Crippen LogP contribution in [0.15, 0.2) is 0 Å². The number of aliphatic hydroxyl groups is 1. The molecule has 112 valence electrons. The molecule has 0 aromatic heterocycles. The standard InChI is InChI=1S/C14H28N2O3/c1-11-5-7-16(8-6-11)10-12(17)9-15-13(18)19-14(2,3)4/h11-12,17H,5-10H2,1-4H3,(H,15,18). The minimum absolute atomic E-state index is 0.237. The van der Waals surface area contributed by atoms with E-state index in [1.54, 1.807) is 0 Å². The van der Waals surface area contributed by atoms with Gasteiger partial charge in [-0.15, -0.1) is 0 Å². The zero-order chi connectivity index (χ0) is 14.5. The average Bonchev–Trinajstić information content (AvgIpc) is 2.27. The quantitative estimate of drug-likeness (QED) is 0.816. The molecule has 5 heteroatoms. The number of hydrogen-bond acceptors (Lipinski definition) is 4. The van der Waals surface area contributed by atoms with Crippen molar-refractivity contribution in [3.63, 3.8) is 0 Å². The number of hydrogen-bond donors (Lipinski definition) is 2. The summed E-state index contributed by atoms with van der Waals surface area (Å²) >= 11 is 0. The van der Waals surface area contributed by atoms with E-state index in [2.05, 4.69) is 17.1 Å². The Morgan fingerprint density at radius 1 is 1.42 bits per heavy atom. The van der Waals surface area contributed by atoms with Gasteiger partial charge >= 0.3 is 6.09 Å². The number of carbonyl (C=O) groups is 1. The Morgan fingerprint density at radius 2 is 2.00 bits per heavy atom. The van der Waals surface area contributed by atoms with E-state index >= 15 is 0 Å². The van der Waals surface area contributed by atoms with Gasteiger partial charge < -0.3 is 20.1 Å². The molecule has 0 aromatic carbocycles. The molecule has 1 aliphatic rings. The largest absolute Gasteiger partial charge is 0.444 e. The third-order valence-corrected chi connectivity index (χ3v) is 3.23. The van der Waals surface area contributed by atoms with E-state index in [1.807, 2.05) is 20.8 Å². The Labute approximate surface area is 116 Å². The number of likely N-dealkylation sites (tertiary alicyclic amines) is 1. The second kappa shape index (κ2) is 7.10. The molecule has 1 rings (SSSR count). The van der Waals surface area contributed by atoms with E-state index in [9.17, 15) is 9.90 Å². The van der Waals surface area contributed by atoms with Gasteiger partial charge in [0.2, 0.25) is 0 Å². The molecule has 0 aliphatic carbocycles. The van der Waals surface area contributed by atoms with E-state index in [1.165, 1.54) is 12.8 Å². The van der Waals surface area contributed by atoms with Gasteiger partial charge in [0.1, 0.15) is 5.60 Å². The van der Waals surface area contributed by atoms with E-state index < -0.39 is 17.8 Å². The second-order valence-electron chi connectivity index (χ2n) is 6.52. The van der Waals surface area contributed by atoms with Crippen LogP contribution in [0, 0.1) is 5.92 Å². The number of aliphatic hydroxyl groups excluding tert-OH is 1. The Bertz CT molecular complexity index is 281. The van der Waals surface area contributed by atoms with Crippen LogP contribution >= 0.6 is 0 Å². The van der Waals surface area contributed by atoms with Crippen LogP contribution in [-0.2, 0) is 4.74 Å².